The summed E-state index contributed by atoms with van der Waals surface area (Å²) in [6.45, 7) is 4.38. The Morgan fingerprint density at radius 3 is 2.41 bits per heavy atom. The van der Waals surface area contributed by atoms with Gasteiger partial charge in [-0.15, -0.1) is 0 Å². The van der Waals surface area contributed by atoms with Crippen molar-refractivity contribution in [1.82, 2.24) is 0 Å². The number of benzene rings is 2. The summed E-state index contributed by atoms with van der Waals surface area (Å²) < 4.78 is 0. The Morgan fingerprint density at radius 1 is 0.941 bits per heavy atom. The molecule has 0 aliphatic heterocycles. The van der Waals surface area contributed by atoms with Crippen LogP contribution in [0.15, 0.2) is 42.5 Å². The SMILES string of the molecule is CCc1ccc(CC)c(-c2cccc(N)c2)c1. The fourth-order valence-electron chi connectivity index (χ4n) is 2.13. The Labute approximate surface area is 103 Å². The van der Waals surface area contributed by atoms with Crippen molar-refractivity contribution in [3.63, 3.8) is 0 Å². The third kappa shape index (κ3) is 2.50. The highest BCUT2D eigenvalue weighted by molar-refractivity contribution is 5.71. The fraction of sp³-hybridized carbons (Fsp3) is 0.250. The van der Waals surface area contributed by atoms with Crippen LogP contribution in [0.3, 0.4) is 0 Å². The van der Waals surface area contributed by atoms with Crippen LogP contribution in [0.2, 0.25) is 0 Å². The second kappa shape index (κ2) is 5.05. The van der Waals surface area contributed by atoms with Crippen molar-refractivity contribution < 1.29 is 0 Å². The van der Waals surface area contributed by atoms with Gasteiger partial charge in [-0.1, -0.05) is 44.2 Å². The molecular weight excluding hydrogens is 206 g/mol. The van der Waals surface area contributed by atoms with Gasteiger partial charge in [-0.3, -0.25) is 0 Å². The smallest absolute Gasteiger partial charge is 0.0320 e. The monoisotopic (exact) mass is 225 g/mol. The first-order valence-electron chi connectivity index (χ1n) is 6.22. The molecule has 0 saturated carbocycles. The summed E-state index contributed by atoms with van der Waals surface area (Å²) in [7, 11) is 0. The number of aryl methyl sites for hydroxylation is 2. The van der Waals surface area contributed by atoms with Crippen LogP contribution in [-0.2, 0) is 12.8 Å². The molecule has 2 rings (SSSR count). The van der Waals surface area contributed by atoms with E-state index in [1.165, 1.54) is 22.3 Å². The molecule has 0 atom stereocenters. The van der Waals surface area contributed by atoms with Crippen LogP contribution in [0, 0.1) is 0 Å². The molecule has 0 heterocycles. The molecule has 1 nitrogen and oxygen atoms in total. The number of hydrogen-bond donors (Lipinski definition) is 1. The van der Waals surface area contributed by atoms with Gasteiger partial charge in [0.25, 0.3) is 0 Å². The average Bonchev–Trinajstić information content (AvgIpc) is 2.38. The van der Waals surface area contributed by atoms with E-state index >= 15 is 0 Å². The van der Waals surface area contributed by atoms with Crippen molar-refractivity contribution >= 4 is 5.69 Å². The normalized spacial score (nSPS) is 10.5. The van der Waals surface area contributed by atoms with Gasteiger partial charge in [0.15, 0.2) is 0 Å². The van der Waals surface area contributed by atoms with Gasteiger partial charge in [0.05, 0.1) is 0 Å². The largest absolute Gasteiger partial charge is 0.399 e. The molecule has 0 fully saturated rings. The molecule has 1 heteroatoms. The van der Waals surface area contributed by atoms with Gasteiger partial charge in [0.1, 0.15) is 0 Å². The number of anilines is 1. The molecule has 88 valence electrons. The first-order chi connectivity index (χ1) is 8.24. The summed E-state index contributed by atoms with van der Waals surface area (Å²) in [6, 6.07) is 14.9. The van der Waals surface area contributed by atoms with E-state index < -0.39 is 0 Å². The summed E-state index contributed by atoms with van der Waals surface area (Å²) >= 11 is 0. The number of rotatable bonds is 3. The van der Waals surface area contributed by atoms with Crippen LogP contribution in [0.25, 0.3) is 11.1 Å². The van der Waals surface area contributed by atoms with Gasteiger partial charge in [0.2, 0.25) is 0 Å². The number of hydrogen-bond acceptors (Lipinski definition) is 1. The summed E-state index contributed by atoms with van der Waals surface area (Å²) in [6.07, 6.45) is 2.12. The molecule has 17 heavy (non-hydrogen) atoms. The first-order valence-corrected chi connectivity index (χ1v) is 6.22. The standard InChI is InChI=1S/C16H19N/c1-3-12-8-9-13(4-2)16(10-12)14-6-5-7-15(17)11-14/h5-11H,3-4,17H2,1-2H3. The van der Waals surface area contributed by atoms with E-state index in [9.17, 15) is 0 Å². The minimum atomic E-state index is 0.825. The predicted molar refractivity (Wildman–Crippen MR) is 75.0 cm³/mol. The maximum atomic E-state index is 5.86. The highest BCUT2D eigenvalue weighted by atomic mass is 14.5. The molecule has 0 radical (unpaired) electrons. The molecule has 0 aliphatic rings. The molecule has 0 aromatic heterocycles. The van der Waals surface area contributed by atoms with Crippen LogP contribution >= 0.6 is 0 Å². The zero-order valence-electron chi connectivity index (χ0n) is 10.5. The van der Waals surface area contributed by atoms with E-state index in [1.54, 1.807) is 0 Å². The Balaban J connectivity index is 2.56. The highest BCUT2D eigenvalue weighted by Gasteiger charge is 2.05. The topological polar surface area (TPSA) is 26.0 Å². The van der Waals surface area contributed by atoms with Crippen molar-refractivity contribution in [2.45, 2.75) is 26.7 Å². The maximum absolute atomic E-state index is 5.86. The van der Waals surface area contributed by atoms with Crippen molar-refractivity contribution in [2.24, 2.45) is 0 Å². The lowest BCUT2D eigenvalue weighted by molar-refractivity contribution is 1.10. The lowest BCUT2D eigenvalue weighted by Crippen LogP contribution is -1.92. The zero-order chi connectivity index (χ0) is 12.3. The van der Waals surface area contributed by atoms with E-state index in [0.717, 1.165) is 18.5 Å². The van der Waals surface area contributed by atoms with Gasteiger partial charge in [-0.2, -0.15) is 0 Å². The van der Waals surface area contributed by atoms with Crippen molar-refractivity contribution in [2.75, 3.05) is 5.73 Å². The minimum absolute atomic E-state index is 0.825. The van der Waals surface area contributed by atoms with Crippen LogP contribution in [-0.4, -0.2) is 0 Å². The molecule has 0 aliphatic carbocycles. The predicted octanol–water partition coefficient (Wildman–Crippen LogP) is 4.06. The first kappa shape index (κ1) is 11.7. The summed E-state index contributed by atoms with van der Waals surface area (Å²) in [5.74, 6) is 0. The lowest BCUT2D eigenvalue weighted by atomic mass is 9.95. The van der Waals surface area contributed by atoms with Crippen molar-refractivity contribution in [3.05, 3.63) is 53.6 Å². The molecule has 0 amide bonds. The molecule has 0 unspecified atom stereocenters. The Kier molecular flexibility index (Phi) is 3.48. The van der Waals surface area contributed by atoms with Gasteiger partial charge in [-0.25, -0.2) is 0 Å². The van der Waals surface area contributed by atoms with Crippen LogP contribution in [0.1, 0.15) is 25.0 Å². The van der Waals surface area contributed by atoms with Gasteiger partial charge >= 0.3 is 0 Å². The van der Waals surface area contributed by atoms with Gasteiger partial charge in [-0.05, 0) is 47.2 Å². The molecule has 2 aromatic carbocycles. The summed E-state index contributed by atoms with van der Waals surface area (Å²) in [5.41, 5.74) is 12.0. The molecule has 0 bridgehead atoms. The molecule has 2 aromatic rings. The van der Waals surface area contributed by atoms with Crippen LogP contribution < -0.4 is 5.73 Å². The number of nitrogens with two attached hydrogens (primary N) is 1. The minimum Gasteiger partial charge on any atom is -0.399 e. The van der Waals surface area contributed by atoms with E-state index in [2.05, 4.69) is 38.1 Å². The molecule has 0 spiro atoms. The van der Waals surface area contributed by atoms with Crippen molar-refractivity contribution in [3.8, 4) is 11.1 Å². The van der Waals surface area contributed by atoms with E-state index in [1.807, 2.05) is 18.2 Å². The maximum Gasteiger partial charge on any atom is 0.0320 e. The number of nitrogen functional groups attached to an aromatic ring is 1. The zero-order valence-corrected chi connectivity index (χ0v) is 10.5. The Bertz CT molecular complexity index is 515. The third-order valence-electron chi connectivity index (χ3n) is 3.16. The van der Waals surface area contributed by atoms with Crippen LogP contribution in [0.4, 0.5) is 5.69 Å². The van der Waals surface area contributed by atoms with Gasteiger partial charge in [0, 0.05) is 5.69 Å². The van der Waals surface area contributed by atoms with E-state index in [4.69, 9.17) is 5.73 Å². The second-order valence-corrected chi connectivity index (χ2v) is 4.32. The summed E-state index contributed by atoms with van der Waals surface area (Å²) in [5, 5.41) is 0. The highest BCUT2D eigenvalue weighted by Crippen LogP contribution is 2.27. The third-order valence-corrected chi connectivity index (χ3v) is 3.16. The summed E-state index contributed by atoms with van der Waals surface area (Å²) in [4.78, 5) is 0. The molecule has 0 saturated heterocycles. The average molecular weight is 225 g/mol. The van der Waals surface area contributed by atoms with Crippen molar-refractivity contribution in [1.29, 1.82) is 0 Å². The lowest BCUT2D eigenvalue weighted by Gasteiger charge is -2.10. The molecule has 2 N–H and O–H groups in total. The molecular formula is C16H19N. The Morgan fingerprint density at radius 2 is 1.76 bits per heavy atom. The second-order valence-electron chi connectivity index (χ2n) is 4.32. The Hall–Kier alpha value is -1.76. The van der Waals surface area contributed by atoms with Gasteiger partial charge < -0.3 is 5.73 Å². The fourth-order valence-corrected chi connectivity index (χ4v) is 2.13. The van der Waals surface area contributed by atoms with Crippen LogP contribution in [0.5, 0.6) is 0 Å². The quantitative estimate of drug-likeness (QED) is 0.783. The van der Waals surface area contributed by atoms with E-state index in [-0.39, 0.29) is 0 Å². The van der Waals surface area contributed by atoms with E-state index in [0.29, 0.717) is 0 Å².